The molecule has 0 aliphatic rings. The molecule has 0 fully saturated rings. The van der Waals surface area contributed by atoms with Crippen LogP contribution in [0.4, 0.5) is 0 Å². The minimum absolute atomic E-state index is 0.448. The SMILES string of the molecule is COCCc1ccc(-c2ccoc2CNC(C)C)cc1. The Morgan fingerprint density at radius 3 is 2.55 bits per heavy atom. The molecule has 0 spiro atoms. The van der Waals surface area contributed by atoms with Gasteiger partial charge in [0.2, 0.25) is 0 Å². The monoisotopic (exact) mass is 273 g/mol. The highest BCUT2D eigenvalue weighted by Gasteiger charge is 2.09. The maximum absolute atomic E-state index is 5.58. The summed E-state index contributed by atoms with van der Waals surface area (Å²) < 4.78 is 10.7. The van der Waals surface area contributed by atoms with E-state index in [0.29, 0.717) is 6.04 Å². The number of hydrogen-bond acceptors (Lipinski definition) is 3. The molecule has 0 amide bonds. The molecule has 0 saturated carbocycles. The van der Waals surface area contributed by atoms with E-state index in [1.165, 1.54) is 11.1 Å². The molecule has 0 radical (unpaired) electrons. The van der Waals surface area contributed by atoms with E-state index in [1.54, 1.807) is 13.4 Å². The molecule has 0 aliphatic carbocycles. The first-order chi connectivity index (χ1) is 9.70. The molecule has 0 atom stereocenters. The van der Waals surface area contributed by atoms with Gasteiger partial charge in [-0.2, -0.15) is 0 Å². The van der Waals surface area contributed by atoms with Crippen molar-refractivity contribution >= 4 is 0 Å². The third-order valence-corrected chi connectivity index (χ3v) is 3.28. The summed E-state index contributed by atoms with van der Waals surface area (Å²) in [5.41, 5.74) is 3.65. The highest BCUT2D eigenvalue weighted by atomic mass is 16.5. The van der Waals surface area contributed by atoms with Gasteiger partial charge in [-0.25, -0.2) is 0 Å². The Morgan fingerprint density at radius 2 is 1.90 bits per heavy atom. The van der Waals surface area contributed by atoms with Crippen molar-refractivity contribution in [1.82, 2.24) is 5.32 Å². The Morgan fingerprint density at radius 1 is 1.15 bits per heavy atom. The van der Waals surface area contributed by atoms with E-state index >= 15 is 0 Å². The predicted molar refractivity (Wildman–Crippen MR) is 81.7 cm³/mol. The van der Waals surface area contributed by atoms with E-state index in [0.717, 1.165) is 30.9 Å². The van der Waals surface area contributed by atoms with Gasteiger partial charge in [0.05, 0.1) is 19.4 Å². The smallest absolute Gasteiger partial charge is 0.125 e. The van der Waals surface area contributed by atoms with Crippen molar-refractivity contribution in [2.75, 3.05) is 13.7 Å². The van der Waals surface area contributed by atoms with E-state index in [9.17, 15) is 0 Å². The van der Waals surface area contributed by atoms with Gasteiger partial charge in [0, 0.05) is 18.7 Å². The molecule has 2 aromatic rings. The Bertz CT molecular complexity index is 514. The third kappa shape index (κ3) is 3.95. The van der Waals surface area contributed by atoms with E-state index in [4.69, 9.17) is 9.15 Å². The van der Waals surface area contributed by atoms with Crippen LogP contribution in [0.5, 0.6) is 0 Å². The van der Waals surface area contributed by atoms with Crippen LogP contribution in [0.15, 0.2) is 41.0 Å². The molecule has 1 aromatic carbocycles. The molecule has 0 saturated heterocycles. The third-order valence-electron chi connectivity index (χ3n) is 3.28. The quantitative estimate of drug-likeness (QED) is 0.836. The molecule has 3 nitrogen and oxygen atoms in total. The number of nitrogens with one attached hydrogen (secondary N) is 1. The largest absolute Gasteiger partial charge is 0.467 e. The van der Waals surface area contributed by atoms with Crippen LogP contribution in [-0.2, 0) is 17.7 Å². The molecule has 1 N–H and O–H groups in total. The molecule has 108 valence electrons. The zero-order valence-corrected chi connectivity index (χ0v) is 12.5. The van der Waals surface area contributed by atoms with Crippen molar-refractivity contribution < 1.29 is 9.15 Å². The molecule has 3 heteroatoms. The van der Waals surface area contributed by atoms with E-state index in [2.05, 4.69) is 43.4 Å². The summed E-state index contributed by atoms with van der Waals surface area (Å²) in [7, 11) is 1.73. The normalized spacial score (nSPS) is 11.2. The average molecular weight is 273 g/mol. The average Bonchev–Trinajstić information content (AvgIpc) is 2.92. The van der Waals surface area contributed by atoms with Gasteiger partial charge in [-0.1, -0.05) is 38.1 Å². The maximum atomic E-state index is 5.58. The first kappa shape index (κ1) is 14.8. The molecular weight excluding hydrogens is 250 g/mol. The second kappa shape index (κ2) is 7.27. The lowest BCUT2D eigenvalue weighted by Crippen LogP contribution is -2.21. The number of ether oxygens (including phenoxy) is 1. The van der Waals surface area contributed by atoms with Gasteiger partial charge in [0.25, 0.3) is 0 Å². The zero-order valence-electron chi connectivity index (χ0n) is 12.5. The maximum Gasteiger partial charge on any atom is 0.125 e. The minimum Gasteiger partial charge on any atom is -0.467 e. The molecule has 2 rings (SSSR count). The van der Waals surface area contributed by atoms with E-state index in [-0.39, 0.29) is 0 Å². The second-order valence-corrected chi connectivity index (χ2v) is 5.23. The van der Waals surface area contributed by atoms with Crippen molar-refractivity contribution in [3.8, 4) is 11.1 Å². The molecule has 1 heterocycles. The van der Waals surface area contributed by atoms with Crippen LogP contribution in [0.25, 0.3) is 11.1 Å². The topological polar surface area (TPSA) is 34.4 Å². The van der Waals surface area contributed by atoms with Crippen molar-refractivity contribution in [1.29, 1.82) is 0 Å². The summed E-state index contributed by atoms with van der Waals surface area (Å²) in [6, 6.07) is 11.1. The number of furan rings is 1. The van der Waals surface area contributed by atoms with E-state index < -0.39 is 0 Å². The van der Waals surface area contributed by atoms with Crippen molar-refractivity contribution in [3.63, 3.8) is 0 Å². The standard InChI is InChI=1S/C17H23NO2/c1-13(2)18-12-17-16(9-11-20-17)15-6-4-14(5-7-15)8-10-19-3/h4-7,9,11,13,18H,8,10,12H2,1-3H3. The van der Waals surface area contributed by atoms with Crippen molar-refractivity contribution in [2.24, 2.45) is 0 Å². The van der Waals surface area contributed by atoms with Gasteiger partial charge in [-0.3, -0.25) is 0 Å². The predicted octanol–water partition coefficient (Wildman–Crippen LogP) is 3.63. The van der Waals surface area contributed by atoms with Gasteiger partial charge < -0.3 is 14.5 Å². The van der Waals surface area contributed by atoms with Gasteiger partial charge in [0.1, 0.15) is 5.76 Å². The summed E-state index contributed by atoms with van der Waals surface area (Å²) in [6.07, 6.45) is 2.70. The molecule has 0 bridgehead atoms. The zero-order chi connectivity index (χ0) is 14.4. The minimum atomic E-state index is 0.448. The van der Waals surface area contributed by atoms with Crippen molar-refractivity contribution in [2.45, 2.75) is 32.9 Å². The lowest BCUT2D eigenvalue weighted by molar-refractivity contribution is 0.202. The first-order valence-corrected chi connectivity index (χ1v) is 7.08. The van der Waals surface area contributed by atoms with Crippen LogP contribution in [0, 0.1) is 0 Å². The lowest BCUT2D eigenvalue weighted by atomic mass is 10.0. The summed E-state index contributed by atoms with van der Waals surface area (Å²) in [6.45, 7) is 5.78. The highest BCUT2D eigenvalue weighted by Crippen LogP contribution is 2.25. The van der Waals surface area contributed by atoms with Gasteiger partial charge in [-0.05, 0) is 23.6 Å². The lowest BCUT2D eigenvalue weighted by Gasteiger charge is -2.08. The summed E-state index contributed by atoms with van der Waals surface area (Å²) in [4.78, 5) is 0. The fourth-order valence-electron chi connectivity index (χ4n) is 2.10. The summed E-state index contributed by atoms with van der Waals surface area (Å²) in [5.74, 6) is 0.989. The number of rotatable bonds is 7. The first-order valence-electron chi connectivity index (χ1n) is 7.08. The van der Waals surface area contributed by atoms with Crippen LogP contribution >= 0.6 is 0 Å². The highest BCUT2D eigenvalue weighted by molar-refractivity contribution is 5.65. The number of methoxy groups -OCH3 is 1. The van der Waals surface area contributed by atoms with Gasteiger partial charge >= 0.3 is 0 Å². The summed E-state index contributed by atoms with van der Waals surface area (Å²) >= 11 is 0. The van der Waals surface area contributed by atoms with E-state index in [1.807, 2.05) is 6.07 Å². The molecule has 0 aliphatic heterocycles. The van der Waals surface area contributed by atoms with Crippen LogP contribution in [0.2, 0.25) is 0 Å². The summed E-state index contributed by atoms with van der Waals surface area (Å²) in [5, 5.41) is 3.39. The van der Waals surface area contributed by atoms with Crippen LogP contribution in [-0.4, -0.2) is 19.8 Å². The number of hydrogen-bond donors (Lipinski definition) is 1. The Hall–Kier alpha value is -1.58. The second-order valence-electron chi connectivity index (χ2n) is 5.23. The van der Waals surface area contributed by atoms with Crippen LogP contribution in [0.1, 0.15) is 25.2 Å². The fourth-order valence-corrected chi connectivity index (χ4v) is 2.10. The van der Waals surface area contributed by atoms with Crippen molar-refractivity contribution in [3.05, 3.63) is 47.9 Å². The van der Waals surface area contributed by atoms with Gasteiger partial charge in [0.15, 0.2) is 0 Å². The number of benzene rings is 1. The Balaban J connectivity index is 2.09. The Labute approximate surface area is 121 Å². The van der Waals surface area contributed by atoms with Gasteiger partial charge in [-0.15, -0.1) is 0 Å². The molecule has 1 aromatic heterocycles. The Kier molecular flexibility index (Phi) is 5.39. The molecule has 0 unspecified atom stereocenters. The molecule has 20 heavy (non-hydrogen) atoms. The molecular formula is C17H23NO2. The van der Waals surface area contributed by atoms with Crippen LogP contribution < -0.4 is 5.32 Å². The van der Waals surface area contributed by atoms with Crippen LogP contribution in [0.3, 0.4) is 0 Å². The fraction of sp³-hybridized carbons (Fsp3) is 0.412.